The van der Waals surface area contributed by atoms with Crippen molar-refractivity contribution >= 4 is 41.4 Å². The number of esters is 2. The number of nitrogens with one attached hydrogen (secondary N) is 2. The average Bonchev–Trinajstić information content (AvgIpc) is 2.97. The molecule has 2 aromatic carbocycles. The fraction of sp³-hybridized carbons (Fsp3) is 0.394. The third-order valence-electron chi connectivity index (χ3n) is 6.76. The number of amides is 2. The van der Waals surface area contributed by atoms with E-state index in [1.165, 1.54) is 36.4 Å². The van der Waals surface area contributed by atoms with E-state index in [-0.39, 0.29) is 31.1 Å². The maximum Gasteiger partial charge on any atom is 0.347 e. The standard InChI is InChI=1S/C33H39ClN2O7/c1-21(2)19-27-31(40)42-26(25(34)18-13-22-9-6-5-7-10-22)11-8-12-28(38)36-29(23-14-16-24(37)17-15-23)30(39)35-20-33(3,4)32(41)43-27/h5-10,12-18,21,25-27,29,37H,11,19-20H2,1-4H3,(H,35,39)(H,36,38)/b12-8+,18-13+/t25-,26+,27+,29-/m1/s1. The number of benzene rings is 2. The van der Waals surface area contributed by atoms with E-state index in [1.807, 2.05) is 44.2 Å². The Morgan fingerprint density at radius 2 is 1.70 bits per heavy atom. The molecule has 0 unspecified atom stereocenters. The largest absolute Gasteiger partial charge is 0.508 e. The number of carbonyl (C=O) groups is 4. The molecule has 1 aliphatic rings. The summed E-state index contributed by atoms with van der Waals surface area (Å²) in [7, 11) is 0. The molecule has 9 nitrogen and oxygen atoms in total. The van der Waals surface area contributed by atoms with Crippen LogP contribution in [0.4, 0.5) is 0 Å². The van der Waals surface area contributed by atoms with Crippen LogP contribution in [0.25, 0.3) is 6.08 Å². The highest BCUT2D eigenvalue weighted by molar-refractivity contribution is 6.22. The number of hydrogen-bond donors (Lipinski definition) is 3. The highest BCUT2D eigenvalue weighted by atomic mass is 35.5. The zero-order valence-electron chi connectivity index (χ0n) is 24.8. The Morgan fingerprint density at radius 1 is 1.02 bits per heavy atom. The number of rotatable bonds is 6. The van der Waals surface area contributed by atoms with Gasteiger partial charge in [-0.1, -0.05) is 74.5 Å². The van der Waals surface area contributed by atoms with E-state index in [1.54, 1.807) is 26.0 Å². The maximum atomic E-state index is 13.4. The highest BCUT2D eigenvalue weighted by Crippen LogP contribution is 2.24. The van der Waals surface area contributed by atoms with Crippen molar-refractivity contribution in [3.05, 3.63) is 84.0 Å². The molecule has 0 saturated heterocycles. The molecule has 2 aromatic rings. The van der Waals surface area contributed by atoms with Crippen LogP contribution in [0.3, 0.4) is 0 Å². The lowest BCUT2D eigenvalue weighted by Gasteiger charge is -2.29. The molecule has 10 heteroatoms. The van der Waals surface area contributed by atoms with Crippen molar-refractivity contribution < 1.29 is 33.8 Å². The number of phenolic OH excluding ortho intramolecular Hbond substituents is 1. The van der Waals surface area contributed by atoms with E-state index in [2.05, 4.69) is 10.6 Å². The molecule has 4 atom stereocenters. The van der Waals surface area contributed by atoms with Crippen molar-refractivity contribution in [1.29, 1.82) is 0 Å². The molecule has 0 spiro atoms. The summed E-state index contributed by atoms with van der Waals surface area (Å²) in [4.78, 5) is 52.8. The maximum absolute atomic E-state index is 13.4. The lowest BCUT2D eigenvalue weighted by atomic mass is 9.93. The minimum atomic E-state index is -1.22. The van der Waals surface area contributed by atoms with Crippen molar-refractivity contribution in [1.82, 2.24) is 10.6 Å². The van der Waals surface area contributed by atoms with E-state index in [0.29, 0.717) is 5.56 Å². The van der Waals surface area contributed by atoms with Gasteiger partial charge in [-0.05, 0) is 55.5 Å². The molecular formula is C33H39ClN2O7. The number of alkyl halides is 1. The summed E-state index contributed by atoms with van der Waals surface area (Å²) in [5, 5.41) is 14.3. The molecule has 43 heavy (non-hydrogen) atoms. The van der Waals surface area contributed by atoms with Crippen LogP contribution in [-0.4, -0.2) is 53.0 Å². The molecular weight excluding hydrogens is 572 g/mol. The Morgan fingerprint density at radius 3 is 2.35 bits per heavy atom. The van der Waals surface area contributed by atoms with Crippen LogP contribution >= 0.6 is 11.6 Å². The first-order valence-corrected chi connectivity index (χ1v) is 14.6. The molecule has 1 aliphatic heterocycles. The van der Waals surface area contributed by atoms with Crippen LogP contribution in [0.5, 0.6) is 5.75 Å². The second-order valence-electron chi connectivity index (χ2n) is 11.5. The number of phenols is 1. The van der Waals surface area contributed by atoms with Gasteiger partial charge in [0.2, 0.25) is 11.8 Å². The van der Waals surface area contributed by atoms with Crippen LogP contribution in [0, 0.1) is 11.3 Å². The van der Waals surface area contributed by atoms with Crippen LogP contribution in [0.15, 0.2) is 72.8 Å². The number of halogens is 1. The first-order chi connectivity index (χ1) is 20.4. The molecule has 0 fully saturated rings. The van der Waals surface area contributed by atoms with Gasteiger partial charge in [0.25, 0.3) is 0 Å². The van der Waals surface area contributed by atoms with E-state index >= 15 is 0 Å². The monoisotopic (exact) mass is 610 g/mol. The van der Waals surface area contributed by atoms with Gasteiger partial charge < -0.3 is 25.2 Å². The normalized spacial score (nSPS) is 23.6. The van der Waals surface area contributed by atoms with E-state index in [9.17, 15) is 24.3 Å². The van der Waals surface area contributed by atoms with Crippen LogP contribution in [0.2, 0.25) is 0 Å². The summed E-state index contributed by atoms with van der Waals surface area (Å²) < 4.78 is 11.5. The smallest absolute Gasteiger partial charge is 0.347 e. The molecule has 0 saturated carbocycles. The minimum absolute atomic E-state index is 0.000879. The zero-order valence-corrected chi connectivity index (χ0v) is 25.5. The third-order valence-corrected chi connectivity index (χ3v) is 7.19. The molecule has 0 radical (unpaired) electrons. The van der Waals surface area contributed by atoms with Crippen molar-refractivity contribution in [2.24, 2.45) is 11.3 Å². The van der Waals surface area contributed by atoms with Gasteiger partial charge in [-0.2, -0.15) is 0 Å². The fourth-order valence-corrected chi connectivity index (χ4v) is 4.44. The number of hydrogen-bond acceptors (Lipinski definition) is 7. The van der Waals surface area contributed by atoms with Crippen LogP contribution < -0.4 is 10.6 Å². The minimum Gasteiger partial charge on any atom is -0.508 e. The SMILES string of the molecule is CC(C)C[C@@H]1OC(=O)C(C)(C)CNC(=O)[C@@H](c2ccc(O)cc2)NC(=O)/C=C/C[C@@H]([C@H](Cl)/C=C/c2ccccc2)OC1=O. The Hall–Kier alpha value is -4.11. The van der Waals surface area contributed by atoms with Gasteiger partial charge in [0.05, 0.1) is 10.8 Å². The summed E-state index contributed by atoms with van der Waals surface area (Å²) in [6.07, 6.45) is 4.43. The Labute approximate surface area is 257 Å². The van der Waals surface area contributed by atoms with Crippen LogP contribution in [0.1, 0.15) is 57.7 Å². The van der Waals surface area contributed by atoms with Crippen molar-refractivity contribution in [2.45, 2.75) is 64.2 Å². The van der Waals surface area contributed by atoms with Gasteiger partial charge in [0.1, 0.15) is 17.9 Å². The molecule has 2 amide bonds. The Balaban J connectivity index is 1.95. The first kappa shape index (κ1) is 33.4. The quantitative estimate of drug-likeness (QED) is 0.315. The van der Waals surface area contributed by atoms with Gasteiger partial charge in [0, 0.05) is 13.0 Å². The third kappa shape index (κ3) is 10.3. The van der Waals surface area contributed by atoms with Crippen molar-refractivity contribution in [3.63, 3.8) is 0 Å². The zero-order chi connectivity index (χ0) is 31.6. The van der Waals surface area contributed by atoms with Crippen LogP contribution in [-0.2, 0) is 28.7 Å². The summed E-state index contributed by atoms with van der Waals surface area (Å²) >= 11 is 6.69. The van der Waals surface area contributed by atoms with Gasteiger partial charge in [-0.25, -0.2) is 4.79 Å². The lowest BCUT2D eigenvalue weighted by molar-refractivity contribution is -0.177. The first-order valence-electron chi connectivity index (χ1n) is 14.2. The van der Waals surface area contributed by atoms with Gasteiger partial charge in [-0.3, -0.25) is 14.4 Å². The summed E-state index contributed by atoms with van der Waals surface area (Å²) in [5.41, 5.74) is 0.0996. The average molecular weight is 611 g/mol. The molecule has 1 heterocycles. The van der Waals surface area contributed by atoms with E-state index in [4.69, 9.17) is 21.1 Å². The second-order valence-corrected chi connectivity index (χ2v) is 12.0. The predicted molar refractivity (Wildman–Crippen MR) is 164 cm³/mol. The topological polar surface area (TPSA) is 131 Å². The molecule has 3 N–H and O–H groups in total. The van der Waals surface area contributed by atoms with Crippen molar-refractivity contribution in [2.75, 3.05) is 6.54 Å². The molecule has 230 valence electrons. The van der Waals surface area contributed by atoms with E-state index < -0.39 is 52.8 Å². The summed E-state index contributed by atoms with van der Waals surface area (Å²) in [6.45, 7) is 6.81. The predicted octanol–water partition coefficient (Wildman–Crippen LogP) is 4.84. The fourth-order valence-electron chi connectivity index (χ4n) is 4.22. The molecule has 0 aliphatic carbocycles. The van der Waals surface area contributed by atoms with Gasteiger partial charge in [0.15, 0.2) is 6.10 Å². The molecule has 0 bridgehead atoms. The van der Waals surface area contributed by atoms with Gasteiger partial charge in [-0.15, -0.1) is 11.6 Å². The second kappa shape index (κ2) is 15.4. The number of carbonyl (C=O) groups excluding carboxylic acids is 4. The lowest BCUT2D eigenvalue weighted by Crippen LogP contribution is -2.46. The number of aromatic hydroxyl groups is 1. The number of cyclic esters (lactones) is 2. The van der Waals surface area contributed by atoms with E-state index in [0.717, 1.165) is 5.56 Å². The summed E-state index contributed by atoms with van der Waals surface area (Å²) in [6, 6.07) is 14.2. The van der Waals surface area contributed by atoms with Gasteiger partial charge >= 0.3 is 11.9 Å². The van der Waals surface area contributed by atoms with Crippen molar-refractivity contribution in [3.8, 4) is 5.75 Å². The molecule has 0 aromatic heterocycles. The highest BCUT2D eigenvalue weighted by Gasteiger charge is 2.37. The molecule has 3 rings (SSSR count). The number of ether oxygens (including phenoxy) is 2. The summed E-state index contributed by atoms with van der Waals surface area (Å²) in [5.74, 6) is -2.59. The Bertz CT molecular complexity index is 1320. The Kier molecular flexibility index (Phi) is 11.9.